The van der Waals surface area contributed by atoms with Crippen molar-refractivity contribution >= 4 is 5.69 Å². The highest BCUT2D eigenvalue weighted by molar-refractivity contribution is 5.52. The minimum absolute atomic E-state index is 0.613. The molecule has 0 aliphatic carbocycles. The molecule has 0 spiro atoms. The molecule has 5 nitrogen and oxygen atoms in total. The first kappa shape index (κ1) is 10.0. The summed E-state index contributed by atoms with van der Waals surface area (Å²) in [6, 6.07) is 0. The molecule has 0 atom stereocenters. The number of aromatic amines is 1. The van der Waals surface area contributed by atoms with Gasteiger partial charge in [0.25, 0.3) is 0 Å². The third kappa shape index (κ3) is 2.19. The van der Waals surface area contributed by atoms with Crippen molar-refractivity contribution < 1.29 is 0 Å². The molecule has 1 aromatic rings. The molecule has 1 rings (SSSR count). The fourth-order valence-corrected chi connectivity index (χ4v) is 1.36. The second kappa shape index (κ2) is 4.84. The molecule has 0 aromatic carbocycles. The summed E-state index contributed by atoms with van der Waals surface area (Å²) in [5, 5.41) is 10.2. The summed E-state index contributed by atoms with van der Waals surface area (Å²) in [4.78, 5) is 0. The number of H-pyrrole nitrogens is 1. The maximum Gasteiger partial charge on any atom is 0.0868 e. The number of anilines is 1. The van der Waals surface area contributed by atoms with Crippen molar-refractivity contribution in [3.63, 3.8) is 0 Å². The van der Waals surface area contributed by atoms with Crippen LogP contribution in [-0.4, -0.2) is 30.3 Å². The van der Waals surface area contributed by atoms with E-state index in [1.165, 1.54) is 0 Å². The average molecular weight is 183 g/mol. The molecule has 0 radical (unpaired) electrons. The van der Waals surface area contributed by atoms with Crippen LogP contribution in [0.1, 0.15) is 11.4 Å². The van der Waals surface area contributed by atoms with Crippen LogP contribution in [0.5, 0.6) is 0 Å². The lowest BCUT2D eigenvalue weighted by atomic mass is 10.2. The zero-order chi connectivity index (χ0) is 9.68. The summed E-state index contributed by atoms with van der Waals surface area (Å²) in [6.07, 6.45) is 1.60. The van der Waals surface area contributed by atoms with Crippen molar-refractivity contribution in [2.45, 2.75) is 12.8 Å². The number of aromatic nitrogens is 2. The molecule has 13 heavy (non-hydrogen) atoms. The lowest BCUT2D eigenvalue weighted by Gasteiger charge is -2.02. The van der Waals surface area contributed by atoms with E-state index in [1.807, 2.05) is 7.05 Å². The maximum atomic E-state index is 5.47. The van der Waals surface area contributed by atoms with Crippen LogP contribution in [-0.2, 0) is 12.8 Å². The van der Waals surface area contributed by atoms with Crippen molar-refractivity contribution in [1.82, 2.24) is 10.2 Å². The topological polar surface area (TPSA) is 92.7 Å². The van der Waals surface area contributed by atoms with Gasteiger partial charge in [0, 0.05) is 19.9 Å². The van der Waals surface area contributed by atoms with E-state index in [1.54, 1.807) is 0 Å². The summed E-state index contributed by atoms with van der Waals surface area (Å²) >= 11 is 0. The third-order valence-corrected chi connectivity index (χ3v) is 1.94. The molecule has 0 saturated carbocycles. The average Bonchev–Trinajstić information content (AvgIpc) is 2.49. The van der Waals surface area contributed by atoms with Gasteiger partial charge in [-0.3, -0.25) is 5.10 Å². The van der Waals surface area contributed by atoms with Gasteiger partial charge in [0.05, 0.1) is 17.1 Å². The Morgan fingerprint density at radius 2 is 2.00 bits per heavy atom. The van der Waals surface area contributed by atoms with Crippen LogP contribution in [0.4, 0.5) is 5.69 Å². The van der Waals surface area contributed by atoms with E-state index in [9.17, 15) is 0 Å². The van der Waals surface area contributed by atoms with Gasteiger partial charge in [-0.1, -0.05) is 0 Å². The van der Waals surface area contributed by atoms with E-state index < -0.39 is 0 Å². The molecule has 1 heterocycles. The van der Waals surface area contributed by atoms with Crippen LogP contribution in [0.2, 0.25) is 0 Å². The molecule has 6 N–H and O–H groups in total. The SMILES string of the molecule is CNc1c(CCN)n[nH]c1CCN. The van der Waals surface area contributed by atoms with Crippen molar-refractivity contribution in [2.75, 3.05) is 25.5 Å². The first-order chi connectivity index (χ1) is 6.33. The molecule has 0 saturated heterocycles. The molecule has 0 aliphatic heterocycles. The van der Waals surface area contributed by atoms with Gasteiger partial charge in [0.2, 0.25) is 0 Å². The summed E-state index contributed by atoms with van der Waals surface area (Å²) in [7, 11) is 1.88. The third-order valence-electron chi connectivity index (χ3n) is 1.94. The largest absolute Gasteiger partial charge is 0.385 e. The van der Waals surface area contributed by atoms with Gasteiger partial charge >= 0.3 is 0 Å². The Hall–Kier alpha value is -1.07. The van der Waals surface area contributed by atoms with Crippen LogP contribution >= 0.6 is 0 Å². The van der Waals surface area contributed by atoms with Crippen LogP contribution in [0, 0.1) is 0 Å². The highest BCUT2D eigenvalue weighted by Gasteiger charge is 2.09. The standard InChI is InChI=1S/C8H17N5/c1-11-8-6(2-4-9)12-13-7(8)3-5-10/h11H,2-5,9-10H2,1H3,(H,12,13). The quantitative estimate of drug-likeness (QED) is 0.493. The van der Waals surface area contributed by atoms with Crippen LogP contribution in [0.25, 0.3) is 0 Å². The summed E-state index contributed by atoms with van der Waals surface area (Å²) in [5.41, 5.74) is 14.0. The Morgan fingerprint density at radius 3 is 2.54 bits per heavy atom. The highest BCUT2D eigenvalue weighted by atomic mass is 15.1. The Labute approximate surface area is 77.9 Å². The van der Waals surface area contributed by atoms with Crippen LogP contribution in [0.15, 0.2) is 0 Å². The van der Waals surface area contributed by atoms with Gasteiger partial charge in [0.15, 0.2) is 0 Å². The van der Waals surface area contributed by atoms with Gasteiger partial charge in [-0.05, 0) is 13.1 Å². The molecular weight excluding hydrogens is 166 g/mol. The lowest BCUT2D eigenvalue weighted by Crippen LogP contribution is -2.07. The van der Waals surface area contributed by atoms with Crippen LogP contribution in [0.3, 0.4) is 0 Å². The predicted molar refractivity (Wildman–Crippen MR) is 53.7 cm³/mol. The molecule has 0 bridgehead atoms. The van der Waals surface area contributed by atoms with Crippen molar-refractivity contribution in [3.05, 3.63) is 11.4 Å². The van der Waals surface area contributed by atoms with E-state index in [-0.39, 0.29) is 0 Å². The second-order valence-corrected chi connectivity index (χ2v) is 2.85. The van der Waals surface area contributed by atoms with Gasteiger partial charge < -0.3 is 16.8 Å². The lowest BCUT2D eigenvalue weighted by molar-refractivity contribution is 0.875. The fraction of sp³-hybridized carbons (Fsp3) is 0.625. The Kier molecular flexibility index (Phi) is 3.72. The summed E-state index contributed by atoms with van der Waals surface area (Å²) in [5.74, 6) is 0. The monoisotopic (exact) mass is 183 g/mol. The summed E-state index contributed by atoms with van der Waals surface area (Å²) < 4.78 is 0. The number of nitrogens with one attached hydrogen (secondary N) is 2. The van der Waals surface area contributed by atoms with Crippen molar-refractivity contribution in [2.24, 2.45) is 11.5 Å². The first-order valence-electron chi connectivity index (χ1n) is 4.47. The normalized spacial score (nSPS) is 10.4. The van der Waals surface area contributed by atoms with E-state index >= 15 is 0 Å². The molecule has 0 unspecified atom stereocenters. The van der Waals surface area contributed by atoms with Gasteiger partial charge in [-0.15, -0.1) is 0 Å². The maximum absolute atomic E-state index is 5.47. The first-order valence-corrected chi connectivity index (χ1v) is 4.47. The van der Waals surface area contributed by atoms with E-state index in [2.05, 4.69) is 15.5 Å². The Bertz CT molecular complexity index is 232. The predicted octanol–water partition coefficient (Wildman–Crippen LogP) is -0.546. The molecule has 0 fully saturated rings. The number of rotatable bonds is 5. The van der Waals surface area contributed by atoms with Crippen molar-refractivity contribution in [3.8, 4) is 0 Å². The number of hydrogen-bond donors (Lipinski definition) is 4. The van der Waals surface area contributed by atoms with E-state index in [0.717, 1.165) is 29.9 Å². The van der Waals surface area contributed by atoms with E-state index in [4.69, 9.17) is 11.5 Å². The summed E-state index contributed by atoms with van der Waals surface area (Å²) in [6.45, 7) is 1.24. The zero-order valence-electron chi connectivity index (χ0n) is 7.93. The molecule has 0 aliphatic rings. The Morgan fingerprint density at radius 1 is 1.31 bits per heavy atom. The Balaban J connectivity index is 2.82. The van der Waals surface area contributed by atoms with Crippen molar-refractivity contribution in [1.29, 1.82) is 0 Å². The van der Waals surface area contributed by atoms with E-state index in [0.29, 0.717) is 13.1 Å². The molecule has 5 heteroatoms. The second-order valence-electron chi connectivity index (χ2n) is 2.85. The number of hydrogen-bond acceptors (Lipinski definition) is 4. The smallest absolute Gasteiger partial charge is 0.0868 e. The van der Waals surface area contributed by atoms with Gasteiger partial charge in [-0.25, -0.2) is 0 Å². The zero-order valence-corrected chi connectivity index (χ0v) is 7.93. The number of nitrogens with zero attached hydrogens (tertiary/aromatic N) is 1. The minimum atomic E-state index is 0.613. The molecular formula is C8H17N5. The van der Waals surface area contributed by atoms with Crippen LogP contribution < -0.4 is 16.8 Å². The number of nitrogens with two attached hydrogens (primary N) is 2. The van der Waals surface area contributed by atoms with Gasteiger partial charge in [-0.2, -0.15) is 5.10 Å². The minimum Gasteiger partial charge on any atom is -0.385 e. The fourth-order valence-electron chi connectivity index (χ4n) is 1.36. The molecule has 0 amide bonds. The molecule has 74 valence electrons. The molecule has 1 aromatic heterocycles. The van der Waals surface area contributed by atoms with Gasteiger partial charge in [0.1, 0.15) is 0 Å². The highest BCUT2D eigenvalue weighted by Crippen LogP contribution is 2.17.